The summed E-state index contributed by atoms with van der Waals surface area (Å²) in [5, 5.41) is 3.56. The minimum absolute atomic E-state index is 0. The van der Waals surface area contributed by atoms with E-state index in [0.717, 1.165) is 32.5 Å². The van der Waals surface area contributed by atoms with Gasteiger partial charge in [0.15, 0.2) is 12.4 Å². The number of carbonyl (C=O) groups is 2. The summed E-state index contributed by atoms with van der Waals surface area (Å²) in [7, 11) is 1.66. The Hall–Kier alpha value is -1.79. The lowest BCUT2D eigenvalue weighted by molar-refractivity contribution is -0.121. The van der Waals surface area contributed by atoms with E-state index >= 15 is 0 Å². The second-order valence-electron chi connectivity index (χ2n) is 6.76. The maximum absolute atomic E-state index is 12.8. The lowest BCUT2D eigenvalue weighted by Crippen LogP contribution is -2.57. The predicted molar refractivity (Wildman–Crippen MR) is 97.5 cm³/mol. The first kappa shape index (κ1) is 18.0. The van der Waals surface area contributed by atoms with Gasteiger partial charge in [0.05, 0.1) is 11.3 Å². The van der Waals surface area contributed by atoms with Crippen molar-refractivity contribution >= 4 is 29.1 Å². The number of halogens is 1. The third-order valence-electron chi connectivity index (χ3n) is 5.33. The second-order valence-corrected chi connectivity index (χ2v) is 7.20. The number of amides is 2. The zero-order chi connectivity index (χ0) is 16.8. The molecule has 7 heteroatoms. The minimum Gasteiger partial charge on any atom is -0.481 e. The molecule has 0 radical (unpaired) electrons. The second kappa shape index (κ2) is 6.84. The molecule has 3 fully saturated rings. The van der Waals surface area contributed by atoms with Gasteiger partial charge in [-0.3, -0.25) is 9.59 Å². The van der Waals surface area contributed by atoms with Crippen LogP contribution >= 0.6 is 11.6 Å². The molecule has 1 unspecified atom stereocenters. The standard InChI is InChI=1S/C17H20ClN3O3.CH4/c1-20-14-7-11(18)6-12(16(14)24-9-15(20)22)17(23)19-13-8-21-4-2-10(13)3-5-21;/h6-7,10,13H,2-5,8-9H2,1H3,(H,19,23);1H4. The third kappa shape index (κ3) is 3.20. The molecule has 0 spiro atoms. The molecule has 1 N–H and O–H groups in total. The summed E-state index contributed by atoms with van der Waals surface area (Å²) >= 11 is 6.16. The zero-order valence-corrected chi connectivity index (χ0v) is 14.3. The van der Waals surface area contributed by atoms with Gasteiger partial charge in [-0.1, -0.05) is 19.0 Å². The number of hydrogen-bond donors (Lipinski definition) is 1. The van der Waals surface area contributed by atoms with Crippen LogP contribution in [-0.4, -0.2) is 56.0 Å². The van der Waals surface area contributed by atoms with E-state index in [9.17, 15) is 9.59 Å². The van der Waals surface area contributed by atoms with E-state index in [1.807, 2.05) is 0 Å². The van der Waals surface area contributed by atoms with Gasteiger partial charge in [0.2, 0.25) is 0 Å². The molecule has 0 aromatic heterocycles. The highest BCUT2D eigenvalue weighted by molar-refractivity contribution is 6.31. The average molecular weight is 366 g/mol. The zero-order valence-electron chi connectivity index (χ0n) is 13.5. The van der Waals surface area contributed by atoms with E-state index in [-0.39, 0.29) is 31.9 Å². The Morgan fingerprint density at radius 1 is 1.32 bits per heavy atom. The highest BCUT2D eigenvalue weighted by Crippen LogP contribution is 2.38. The van der Waals surface area contributed by atoms with Crippen molar-refractivity contribution in [1.82, 2.24) is 10.2 Å². The molecule has 1 aromatic carbocycles. The van der Waals surface area contributed by atoms with E-state index < -0.39 is 0 Å². The molecule has 3 saturated heterocycles. The Morgan fingerprint density at radius 2 is 2.04 bits per heavy atom. The molecular weight excluding hydrogens is 342 g/mol. The Bertz CT molecular complexity index is 701. The number of hydrogen-bond acceptors (Lipinski definition) is 4. The minimum atomic E-state index is -0.185. The van der Waals surface area contributed by atoms with Gasteiger partial charge in [0.25, 0.3) is 11.8 Å². The van der Waals surface area contributed by atoms with Gasteiger partial charge in [-0.05, 0) is 44.0 Å². The van der Waals surface area contributed by atoms with Crippen LogP contribution in [0.4, 0.5) is 5.69 Å². The Balaban J connectivity index is 0.00000182. The summed E-state index contributed by atoms with van der Waals surface area (Å²) < 4.78 is 5.54. The van der Waals surface area contributed by atoms with Crippen molar-refractivity contribution in [2.45, 2.75) is 26.3 Å². The van der Waals surface area contributed by atoms with Crippen LogP contribution in [0.5, 0.6) is 5.75 Å². The summed E-state index contributed by atoms with van der Waals surface area (Å²) in [6.07, 6.45) is 2.26. The first-order valence-electron chi connectivity index (χ1n) is 8.29. The van der Waals surface area contributed by atoms with Gasteiger partial charge < -0.3 is 19.9 Å². The molecule has 4 aliphatic heterocycles. The fraction of sp³-hybridized carbons (Fsp3) is 0.556. The summed E-state index contributed by atoms with van der Waals surface area (Å²) in [5.74, 6) is 0.628. The molecule has 5 rings (SSSR count). The molecule has 1 aromatic rings. The molecule has 25 heavy (non-hydrogen) atoms. The smallest absolute Gasteiger partial charge is 0.264 e. The topological polar surface area (TPSA) is 61.9 Å². The fourth-order valence-electron chi connectivity index (χ4n) is 3.89. The van der Waals surface area contributed by atoms with Crippen molar-refractivity contribution in [1.29, 1.82) is 0 Å². The number of carbonyl (C=O) groups excluding carboxylic acids is 2. The normalized spacial score (nSPS) is 27.2. The molecule has 2 bridgehead atoms. The number of nitrogens with zero attached hydrogens (tertiary/aromatic N) is 2. The highest BCUT2D eigenvalue weighted by atomic mass is 35.5. The summed E-state index contributed by atoms with van der Waals surface area (Å²) in [4.78, 5) is 28.5. The van der Waals surface area contributed by atoms with Crippen LogP contribution in [0.25, 0.3) is 0 Å². The van der Waals surface area contributed by atoms with Crippen LogP contribution in [0.2, 0.25) is 5.02 Å². The quantitative estimate of drug-likeness (QED) is 0.872. The van der Waals surface area contributed by atoms with E-state index in [4.69, 9.17) is 16.3 Å². The molecule has 136 valence electrons. The van der Waals surface area contributed by atoms with E-state index in [1.54, 1.807) is 19.2 Å². The number of rotatable bonds is 2. The number of ether oxygens (including phenoxy) is 1. The molecule has 0 aliphatic carbocycles. The third-order valence-corrected chi connectivity index (χ3v) is 5.55. The number of piperidine rings is 3. The van der Waals surface area contributed by atoms with Crippen LogP contribution in [0, 0.1) is 5.92 Å². The predicted octanol–water partition coefficient (Wildman–Crippen LogP) is 2.16. The van der Waals surface area contributed by atoms with Gasteiger partial charge >= 0.3 is 0 Å². The van der Waals surface area contributed by atoms with Gasteiger partial charge in [-0.2, -0.15) is 0 Å². The number of likely N-dealkylation sites (N-methyl/N-ethyl adjacent to an activating group) is 1. The van der Waals surface area contributed by atoms with Gasteiger partial charge in [0.1, 0.15) is 0 Å². The molecule has 2 amide bonds. The lowest BCUT2D eigenvalue weighted by atomic mass is 9.84. The van der Waals surface area contributed by atoms with Gasteiger partial charge in [0, 0.05) is 24.7 Å². The van der Waals surface area contributed by atoms with Crippen LogP contribution < -0.4 is 15.0 Å². The van der Waals surface area contributed by atoms with Crippen LogP contribution in [0.3, 0.4) is 0 Å². The van der Waals surface area contributed by atoms with E-state index in [2.05, 4.69) is 10.2 Å². The van der Waals surface area contributed by atoms with E-state index in [1.165, 1.54) is 4.90 Å². The first-order chi connectivity index (χ1) is 11.5. The van der Waals surface area contributed by atoms with Crippen LogP contribution in [0.1, 0.15) is 30.6 Å². The molecule has 4 aliphatic rings. The first-order valence-corrected chi connectivity index (χ1v) is 8.67. The molecule has 1 atom stereocenters. The van der Waals surface area contributed by atoms with Crippen molar-refractivity contribution < 1.29 is 14.3 Å². The SMILES string of the molecule is C.CN1C(=O)COc2c(C(=O)NC3CN4CCC3CC4)cc(Cl)cc21. The Labute approximate surface area is 153 Å². The summed E-state index contributed by atoms with van der Waals surface area (Å²) in [6.45, 7) is 3.09. The average Bonchev–Trinajstić information content (AvgIpc) is 2.59. The molecule has 0 saturated carbocycles. The van der Waals surface area contributed by atoms with Crippen molar-refractivity contribution in [3.8, 4) is 5.75 Å². The number of fused-ring (bicyclic) bond motifs is 4. The number of anilines is 1. The number of benzene rings is 1. The van der Waals surface area contributed by atoms with Gasteiger partial charge in [-0.25, -0.2) is 0 Å². The lowest BCUT2D eigenvalue weighted by Gasteiger charge is -2.45. The maximum atomic E-state index is 12.8. The maximum Gasteiger partial charge on any atom is 0.264 e. The largest absolute Gasteiger partial charge is 0.481 e. The summed E-state index contributed by atoms with van der Waals surface area (Å²) in [5.41, 5.74) is 0.936. The van der Waals surface area contributed by atoms with Gasteiger partial charge in [-0.15, -0.1) is 0 Å². The summed E-state index contributed by atoms with van der Waals surface area (Å²) in [6, 6.07) is 3.43. The van der Waals surface area contributed by atoms with Crippen molar-refractivity contribution in [3.05, 3.63) is 22.7 Å². The van der Waals surface area contributed by atoms with Crippen LogP contribution in [0.15, 0.2) is 12.1 Å². The highest BCUT2D eigenvalue weighted by Gasteiger charge is 2.36. The molecular formula is C18H24ClN3O3. The fourth-order valence-corrected chi connectivity index (χ4v) is 4.10. The van der Waals surface area contributed by atoms with Crippen molar-refractivity contribution in [2.75, 3.05) is 38.2 Å². The van der Waals surface area contributed by atoms with Crippen molar-refractivity contribution in [2.24, 2.45) is 5.92 Å². The Morgan fingerprint density at radius 3 is 2.68 bits per heavy atom. The Kier molecular flexibility index (Phi) is 4.93. The number of nitrogens with one attached hydrogen (secondary N) is 1. The van der Waals surface area contributed by atoms with Crippen LogP contribution in [-0.2, 0) is 4.79 Å². The van der Waals surface area contributed by atoms with Crippen molar-refractivity contribution in [3.63, 3.8) is 0 Å². The van der Waals surface area contributed by atoms with E-state index in [0.29, 0.717) is 27.9 Å². The molecule has 4 heterocycles. The monoisotopic (exact) mass is 365 g/mol. The molecule has 6 nitrogen and oxygen atoms in total.